The average Bonchev–Trinajstić information content (AvgIpc) is 0.669. The van der Waals surface area contributed by atoms with E-state index in [1.54, 1.807) is 52.7 Å². The van der Waals surface area contributed by atoms with Crippen LogP contribution >= 0.6 is 0 Å². The molecule has 0 saturated heterocycles. The second-order valence-corrected chi connectivity index (χ2v) is 42.1. The maximum atomic E-state index is 17.2. The van der Waals surface area contributed by atoms with Gasteiger partial charge in [-0.15, -0.1) is 0 Å². The van der Waals surface area contributed by atoms with E-state index in [9.17, 15) is 0 Å². The van der Waals surface area contributed by atoms with Gasteiger partial charge in [0.25, 0.3) is 23.6 Å². The van der Waals surface area contributed by atoms with Crippen molar-refractivity contribution < 1.29 is 111 Å². The van der Waals surface area contributed by atoms with Crippen LogP contribution in [0.25, 0.3) is 43.1 Å². The number of imide groups is 2. The van der Waals surface area contributed by atoms with Crippen molar-refractivity contribution >= 4 is 115 Å². The highest BCUT2D eigenvalue weighted by atomic mass is 28.4. The number of benzene rings is 11. The van der Waals surface area contributed by atoms with Crippen LogP contribution in [0.4, 0.5) is 0 Å². The average molecular weight is 1820 g/mol. The molecular formula is C96H112N4O24Si4. The summed E-state index contributed by atoms with van der Waals surface area (Å²) < 4.78 is 111. The van der Waals surface area contributed by atoms with E-state index in [-0.39, 0.29) is 179 Å². The predicted molar refractivity (Wildman–Crippen MR) is 493 cm³/mol. The first kappa shape index (κ1) is 95.0. The lowest BCUT2D eigenvalue weighted by molar-refractivity contribution is -0.137. The van der Waals surface area contributed by atoms with Crippen LogP contribution in [0, 0.1) is 55.4 Å². The molecular weight excluding hydrogens is 1710 g/mol. The number of hydrogen-bond donors (Lipinski definition) is 0. The lowest BCUT2D eigenvalue weighted by atomic mass is 9.80. The first-order valence-electron chi connectivity index (χ1n) is 42.2. The van der Waals surface area contributed by atoms with Crippen LogP contribution in [0.1, 0.15) is 97.1 Å². The molecule has 0 N–H and O–H groups in total. The molecule has 6 amide bonds. The standard InChI is InChI=1S/C96H112N4O24Si4/c1-59-37-60(2)42-69(41-59)121-79-51-73-83-74(92(102)99(91(73)101)77(49-67-25-21-19-22-26-67)95(105)97(29-33-117-55-125(107-9)108-10)31-35-119-57-127(111-13,112-14)113-15)53-81(123-71-45-63(5)39-64(6)46-71)87-88-82(124-72-47-65(7)40-66(8)48-72)54-76-84-75(52-80(86(90(84)88)85(79)89(83)87)122-70-43-61(3)38-62(4)44-70)93(103)100(94(76)104)78(50-68-27-23-20-24-28-68)96(106)98(30-34-118-56-126(109-11)110-12)32-36-120-58-128(114-16,115-17)116-18/h19-28,37-48,51-54,77-78,125-126H,29-36,49-50,55-58H2,1-18H3. The third kappa shape index (κ3) is 20.8. The monoisotopic (exact) mass is 1820 g/mol. The number of carbonyl (C=O) groups is 6. The molecule has 2 atom stereocenters. The molecule has 128 heavy (non-hydrogen) atoms. The van der Waals surface area contributed by atoms with Crippen molar-refractivity contribution in [2.75, 3.05) is 149 Å². The van der Waals surface area contributed by atoms with Crippen LogP contribution in [0.2, 0.25) is 0 Å². The summed E-state index contributed by atoms with van der Waals surface area (Å²) in [5.74, 6) is -3.15. The molecule has 0 fully saturated rings. The lowest BCUT2D eigenvalue weighted by Crippen LogP contribution is -2.56. The number of nitrogens with zero attached hydrogens (tertiary/aromatic N) is 4. The Balaban J connectivity index is 1.13. The van der Waals surface area contributed by atoms with E-state index < -0.39 is 83.7 Å². The van der Waals surface area contributed by atoms with Crippen LogP contribution in [0.5, 0.6) is 46.0 Å². The molecule has 32 heteroatoms. The molecule has 2 aliphatic rings. The lowest BCUT2D eigenvalue weighted by Gasteiger charge is -2.38. The predicted octanol–water partition coefficient (Wildman–Crippen LogP) is 14.5. The van der Waals surface area contributed by atoms with Gasteiger partial charge in [-0.25, -0.2) is 0 Å². The second kappa shape index (κ2) is 42.3. The number of hydrogen-bond acceptors (Lipinski definition) is 24. The van der Waals surface area contributed by atoms with Gasteiger partial charge in [0.15, 0.2) is 0 Å². The highest BCUT2D eigenvalue weighted by molar-refractivity contribution is 6.61. The summed E-state index contributed by atoms with van der Waals surface area (Å²) in [6.07, 6.45) is -0.223. The van der Waals surface area contributed by atoms with Gasteiger partial charge in [0, 0.05) is 153 Å². The van der Waals surface area contributed by atoms with Crippen LogP contribution < -0.4 is 18.9 Å². The van der Waals surface area contributed by atoms with E-state index in [0.717, 1.165) is 54.3 Å². The van der Waals surface area contributed by atoms with Crippen LogP contribution in [0.3, 0.4) is 0 Å². The van der Waals surface area contributed by atoms with E-state index >= 15 is 28.8 Å². The van der Waals surface area contributed by atoms with Crippen molar-refractivity contribution in [2.45, 2.75) is 80.3 Å². The number of ether oxygens (including phenoxy) is 8. The van der Waals surface area contributed by atoms with Gasteiger partial charge in [-0.3, -0.25) is 38.6 Å². The largest absolute Gasteiger partial charge is 0.527 e. The fourth-order valence-electron chi connectivity index (χ4n) is 17.0. The Bertz CT molecular complexity index is 5190. The Hall–Kier alpha value is -10.6. The molecule has 2 aliphatic heterocycles. The molecule has 13 rings (SSSR count). The molecule has 0 radical (unpaired) electrons. The number of carbonyl (C=O) groups excluding carboxylic acids is 6. The molecule has 0 aliphatic carbocycles. The number of fused-ring (bicyclic) bond motifs is 2. The first-order chi connectivity index (χ1) is 61.7. The zero-order chi connectivity index (χ0) is 91.4. The van der Waals surface area contributed by atoms with Crippen molar-refractivity contribution in [3.8, 4) is 46.0 Å². The maximum absolute atomic E-state index is 17.2. The normalized spacial score (nSPS) is 13.5. The molecule has 2 heterocycles. The minimum absolute atomic E-state index is 0.0133. The Morgan fingerprint density at radius 3 is 0.797 bits per heavy atom. The quantitative estimate of drug-likeness (QED) is 0.0113. The van der Waals surface area contributed by atoms with Crippen molar-refractivity contribution in [1.82, 2.24) is 19.6 Å². The van der Waals surface area contributed by atoms with Gasteiger partial charge >= 0.3 is 36.2 Å². The molecule has 11 aromatic carbocycles. The van der Waals surface area contributed by atoms with Crippen molar-refractivity contribution in [3.63, 3.8) is 0 Å². The first-order valence-corrected chi connectivity index (χ1v) is 49.6. The number of rotatable bonds is 46. The minimum atomic E-state index is -3.32. The van der Waals surface area contributed by atoms with E-state index in [4.69, 9.17) is 82.2 Å². The summed E-state index contributed by atoms with van der Waals surface area (Å²) in [4.78, 5) is 107. The van der Waals surface area contributed by atoms with E-state index in [2.05, 4.69) is 0 Å². The smallest absolute Gasteiger partial charge is 0.457 e. The molecule has 28 nitrogen and oxygen atoms in total. The SMILES string of the molecule is CO[SiH](COCCN(CCOC[Si](OC)(OC)OC)C(=O)C(Cc1ccccc1)N1C(=O)c2cc(Oc3cc(C)cc(C)c3)c3c4c(Oc5cc(C)cc(C)c5)cc5c6c(cc(Oc7cc(C)cc(C)c7)c(c7c(Oc8cc(C)cc(C)c8)cc(c2c37)C1=O)c64)C(=O)N(C(Cc1ccccc1)C(=O)N(CCOC[SiH](OC)OC)CCOC[Si](OC)(OC)OC)C5=O)OC. The van der Waals surface area contributed by atoms with Crippen LogP contribution in [-0.4, -0.2) is 252 Å². The molecule has 676 valence electrons. The van der Waals surface area contributed by atoms with Crippen LogP contribution in [-0.2, 0) is 85.6 Å². The van der Waals surface area contributed by atoms with E-state index in [1.807, 2.05) is 189 Å². The molecule has 0 bridgehead atoms. The fraction of sp³-hybridized carbons (Fsp3) is 0.354. The molecule has 2 unspecified atom stereocenters. The molecule has 0 aromatic heterocycles. The van der Waals surface area contributed by atoms with Crippen molar-refractivity contribution in [1.29, 1.82) is 0 Å². The number of aryl methyl sites for hydroxylation is 8. The Kier molecular flexibility index (Phi) is 31.4. The summed E-state index contributed by atoms with van der Waals surface area (Å²) in [7, 11) is 3.80. The maximum Gasteiger partial charge on any atom is 0.527 e. The van der Waals surface area contributed by atoms with Gasteiger partial charge in [-0.05, 0) is 184 Å². The van der Waals surface area contributed by atoms with Gasteiger partial charge in [0.2, 0.25) is 11.8 Å². The molecule has 11 aromatic rings. The fourth-order valence-corrected chi connectivity index (χ4v) is 21.2. The minimum Gasteiger partial charge on any atom is -0.457 e. The summed E-state index contributed by atoms with van der Waals surface area (Å²) in [6.45, 7) is 15.1. The summed E-state index contributed by atoms with van der Waals surface area (Å²) in [6, 6.07) is 44.3. The molecule has 0 spiro atoms. The van der Waals surface area contributed by atoms with Gasteiger partial charge in [-0.2, -0.15) is 0 Å². The number of amides is 6. The second-order valence-electron chi connectivity index (χ2n) is 32.1. The summed E-state index contributed by atoms with van der Waals surface area (Å²) >= 11 is 0. The Labute approximate surface area is 751 Å². The summed E-state index contributed by atoms with van der Waals surface area (Å²) in [5.41, 5.74) is 7.66. The van der Waals surface area contributed by atoms with Gasteiger partial charge in [-0.1, -0.05) is 84.9 Å². The summed E-state index contributed by atoms with van der Waals surface area (Å²) in [5, 5.41) is 1.73. The zero-order valence-electron chi connectivity index (χ0n) is 75.8. The van der Waals surface area contributed by atoms with E-state index in [1.165, 1.54) is 52.5 Å². The zero-order valence-corrected chi connectivity index (χ0v) is 80.1. The van der Waals surface area contributed by atoms with Crippen LogP contribution in [0.15, 0.2) is 158 Å². The molecule has 0 saturated carbocycles. The Morgan fingerprint density at radius 2 is 0.562 bits per heavy atom. The highest BCUT2D eigenvalue weighted by Gasteiger charge is 2.49. The highest BCUT2D eigenvalue weighted by Crippen LogP contribution is 2.58. The van der Waals surface area contributed by atoms with Gasteiger partial charge in [0.05, 0.1) is 61.1 Å². The Morgan fingerprint density at radius 1 is 0.320 bits per heavy atom. The third-order valence-corrected chi connectivity index (χ3v) is 31.0. The van der Waals surface area contributed by atoms with E-state index in [0.29, 0.717) is 34.1 Å². The van der Waals surface area contributed by atoms with Gasteiger partial charge in [0.1, 0.15) is 70.5 Å². The van der Waals surface area contributed by atoms with Crippen molar-refractivity contribution in [3.05, 3.63) is 236 Å². The van der Waals surface area contributed by atoms with Crippen molar-refractivity contribution in [2.24, 2.45) is 0 Å². The third-order valence-electron chi connectivity index (χ3n) is 23.0. The topological polar surface area (TPSA) is 282 Å². The van der Waals surface area contributed by atoms with Gasteiger partial charge < -0.3 is 92.0 Å².